The normalized spacial score (nSPS) is 22.3. The van der Waals surface area contributed by atoms with Gasteiger partial charge in [-0.05, 0) is 36.1 Å². The minimum absolute atomic E-state index is 0.0191. The molecule has 2 N–H and O–H groups in total. The van der Waals surface area contributed by atoms with Crippen LogP contribution in [-0.2, 0) is 15.0 Å². The molecule has 0 bridgehead atoms. The lowest BCUT2D eigenvalue weighted by molar-refractivity contribution is -0.120. The van der Waals surface area contributed by atoms with E-state index in [4.69, 9.17) is 11.6 Å². The smallest absolute Gasteiger partial charge is 0.281 e. The Morgan fingerprint density at radius 1 is 1.48 bits per heavy atom. The molecule has 2 heterocycles. The Balaban J connectivity index is 1.88. The highest BCUT2D eigenvalue weighted by Gasteiger charge is 2.42. The highest BCUT2D eigenvalue weighted by molar-refractivity contribution is 7.87. The summed E-state index contributed by atoms with van der Waals surface area (Å²) in [7, 11) is -3.89. The van der Waals surface area contributed by atoms with Crippen LogP contribution in [0.1, 0.15) is 17.3 Å². The van der Waals surface area contributed by atoms with E-state index in [-0.39, 0.29) is 23.7 Å². The zero-order chi connectivity index (χ0) is 19.6. The van der Waals surface area contributed by atoms with Gasteiger partial charge in [-0.15, -0.1) is 17.9 Å². The van der Waals surface area contributed by atoms with E-state index in [1.54, 1.807) is 0 Å². The molecule has 27 heavy (non-hydrogen) atoms. The first-order valence-electron chi connectivity index (χ1n) is 8.01. The molecule has 10 heteroatoms. The molecule has 1 aliphatic rings. The number of carbonyl (C=O) groups excluding carboxylic acids is 1. The molecule has 1 aromatic heterocycles. The summed E-state index contributed by atoms with van der Waals surface area (Å²) in [5.74, 6) is -1.13. The average Bonchev–Trinajstić information content (AvgIpc) is 3.14. The maximum absolute atomic E-state index is 13.3. The summed E-state index contributed by atoms with van der Waals surface area (Å²) in [5, 5.41) is 4.33. The van der Waals surface area contributed by atoms with Gasteiger partial charge in [0.2, 0.25) is 5.91 Å². The van der Waals surface area contributed by atoms with E-state index >= 15 is 0 Å². The Kier molecular flexibility index (Phi) is 5.97. The van der Waals surface area contributed by atoms with Crippen LogP contribution in [-0.4, -0.2) is 31.2 Å². The molecule has 0 spiro atoms. The summed E-state index contributed by atoms with van der Waals surface area (Å²) in [5.41, 5.74) is 0.286. The Morgan fingerprint density at radius 2 is 2.26 bits per heavy atom. The van der Waals surface area contributed by atoms with Gasteiger partial charge in [0, 0.05) is 17.1 Å². The van der Waals surface area contributed by atoms with Crippen LogP contribution < -0.4 is 10.0 Å². The number of carbonyl (C=O) groups is 1. The maximum Gasteiger partial charge on any atom is 0.281 e. The monoisotopic (exact) mass is 429 g/mol. The van der Waals surface area contributed by atoms with Gasteiger partial charge in [0.05, 0.1) is 11.1 Å². The summed E-state index contributed by atoms with van der Waals surface area (Å²) >= 11 is 7.15. The van der Waals surface area contributed by atoms with E-state index in [0.717, 1.165) is 15.2 Å². The molecule has 144 valence electrons. The predicted octanol–water partition coefficient (Wildman–Crippen LogP) is 3.32. The second-order valence-electron chi connectivity index (χ2n) is 5.92. The van der Waals surface area contributed by atoms with Crippen molar-refractivity contribution in [3.63, 3.8) is 0 Å². The van der Waals surface area contributed by atoms with Crippen molar-refractivity contribution in [2.24, 2.45) is 0 Å². The molecule has 1 fully saturated rings. The molecule has 2 atom stereocenters. The first-order valence-corrected chi connectivity index (χ1v) is 10.7. The minimum Gasteiger partial charge on any atom is -0.325 e. The Bertz CT molecular complexity index is 950. The molecule has 2 aromatic rings. The highest BCUT2D eigenvalue weighted by atomic mass is 35.5. The van der Waals surface area contributed by atoms with E-state index in [9.17, 15) is 17.6 Å². The first kappa shape index (κ1) is 20.0. The summed E-state index contributed by atoms with van der Waals surface area (Å²) in [4.78, 5) is 13.7. The standard InChI is InChI=1S/C17H17ClFN3O3S2/c1-2-7-22-15(17(23)20-11-5-6-13(19)12(18)9-11)10-14(21-27(22,24)25)16-4-3-8-26-16/h2-6,8-9,14-15,21H,1,7,10H2,(H,20,23)/t14-,15+/m1/s1. The predicted molar refractivity (Wildman–Crippen MR) is 104 cm³/mol. The lowest BCUT2D eigenvalue weighted by Crippen LogP contribution is -2.57. The minimum atomic E-state index is -3.89. The number of halogens is 2. The van der Waals surface area contributed by atoms with Crippen molar-refractivity contribution in [2.45, 2.75) is 18.5 Å². The lowest BCUT2D eigenvalue weighted by Gasteiger charge is -2.37. The molecule has 1 aromatic carbocycles. The van der Waals surface area contributed by atoms with E-state index in [2.05, 4.69) is 16.6 Å². The van der Waals surface area contributed by atoms with Gasteiger partial charge in [-0.1, -0.05) is 23.7 Å². The molecular weight excluding hydrogens is 413 g/mol. The van der Waals surface area contributed by atoms with Crippen molar-refractivity contribution in [3.05, 3.63) is 64.1 Å². The summed E-state index contributed by atoms with van der Waals surface area (Å²) < 4.78 is 42.3. The Morgan fingerprint density at radius 3 is 2.89 bits per heavy atom. The quantitative estimate of drug-likeness (QED) is 0.715. The number of hydrogen-bond acceptors (Lipinski definition) is 4. The lowest BCUT2D eigenvalue weighted by atomic mass is 10.0. The summed E-state index contributed by atoms with van der Waals surface area (Å²) in [6.07, 6.45) is 1.66. The third kappa shape index (κ3) is 4.39. The van der Waals surface area contributed by atoms with Crippen LogP contribution in [0.3, 0.4) is 0 Å². The van der Waals surface area contributed by atoms with Gasteiger partial charge in [-0.3, -0.25) is 4.79 Å². The van der Waals surface area contributed by atoms with E-state index < -0.39 is 34.0 Å². The highest BCUT2D eigenvalue weighted by Crippen LogP contribution is 2.32. The van der Waals surface area contributed by atoms with Gasteiger partial charge in [-0.2, -0.15) is 17.4 Å². The second kappa shape index (κ2) is 8.07. The van der Waals surface area contributed by atoms with Crippen LogP contribution in [0, 0.1) is 5.82 Å². The summed E-state index contributed by atoms with van der Waals surface area (Å²) in [6.45, 7) is 3.55. The number of nitrogens with one attached hydrogen (secondary N) is 2. The molecule has 0 radical (unpaired) electrons. The van der Waals surface area contributed by atoms with Gasteiger partial charge in [-0.25, -0.2) is 4.39 Å². The zero-order valence-electron chi connectivity index (χ0n) is 14.1. The number of amides is 1. The van der Waals surface area contributed by atoms with Crippen molar-refractivity contribution in [1.29, 1.82) is 0 Å². The van der Waals surface area contributed by atoms with Crippen LogP contribution in [0.4, 0.5) is 10.1 Å². The van der Waals surface area contributed by atoms with Crippen LogP contribution in [0.15, 0.2) is 48.4 Å². The number of benzene rings is 1. The third-order valence-electron chi connectivity index (χ3n) is 4.09. The average molecular weight is 430 g/mol. The van der Waals surface area contributed by atoms with E-state index in [1.807, 2.05) is 17.5 Å². The maximum atomic E-state index is 13.3. The second-order valence-corrected chi connectivity index (χ2v) is 8.96. The number of nitrogens with zero attached hydrogens (tertiary/aromatic N) is 1. The number of hydrogen-bond donors (Lipinski definition) is 2. The Labute approximate surface area is 165 Å². The number of rotatable bonds is 5. The van der Waals surface area contributed by atoms with Crippen molar-refractivity contribution >= 4 is 44.7 Å². The molecule has 1 amide bonds. The molecule has 6 nitrogen and oxygen atoms in total. The molecule has 1 saturated heterocycles. The van der Waals surface area contributed by atoms with Gasteiger partial charge in [0.25, 0.3) is 10.2 Å². The van der Waals surface area contributed by atoms with Crippen molar-refractivity contribution in [3.8, 4) is 0 Å². The van der Waals surface area contributed by atoms with Gasteiger partial charge >= 0.3 is 0 Å². The molecule has 1 aliphatic heterocycles. The Hall–Kier alpha value is -1.78. The van der Waals surface area contributed by atoms with Crippen molar-refractivity contribution < 1.29 is 17.6 Å². The summed E-state index contributed by atoms with van der Waals surface area (Å²) in [6, 6.07) is 5.94. The van der Waals surface area contributed by atoms with Crippen LogP contribution in [0.2, 0.25) is 5.02 Å². The van der Waals surface area contributed by atoms with Crippen molar-refractivity contribution in [2.75, 3.05) is 11.9 Å². The molecule has 3 rings (SSSR count). The van der Waals surface area contributed by atoms with Gasteiger partial charge in [0.15, 0.2) is 0 Å². The fourth-order valence-electron chi connectivity index (χ4n) is 2.86. The SMILES string of the molecule is C=CCN1[C@H](C(=O)Nc2ccc(F)c(Cl)c2)C[C@H](c2cccs2)NS1(=O)=O. The van der Waals surface area contributed by atoms with Crippen LogP contribution in [0.5, 0.6) is 0 Å². The first-order chi connectivity index (χ1) is 12.8. The van der Waals surface area contributed by atoms with Crippen LogP contribution >= 0.6 is 22.9 Å². The number of anilines is 1. The fraction of sp³-hybridized carbons (Fsp3) is 0.235. The van der Waals surface area contributed by atoms with Gasteiger partial charge < -0.3 is 5.32 Å². The van der Waals surface area contributed by atoms with Crippen LogP contribution in [0.25, 0.3) is 0 Å². The van der Waals surface area contributed by atoms with Gasteiger partial charge in [0.1, 0.15) is 11.9 Å². The fourth-order valence-corrected chi connectivity index (χ4v) is 5.44. The third-order valence-corrected chi connectivity index (χ3v) is 6.97. The molecule has 0 aliphatic carbocycles. The number of thiophene rings is 1. The largest absolute Gasteiger partial charge is 0.325 e. The van der Waals surface area contributed by atoms with E-state index in [0.29, 0.717) is 0 Å². The zero-order valence-corrected chi connectivity index (χ0v) is 16.5. The topological polar surface area (TPSA) is 78.5 Å². The molecule has 0 unspecified atom stereocenters. The molecular formula is C17H17ClFN3O3S2. The molecule has 0 saturated carbocycles. The van der Waals surface area contributed by atoms with E-state index in [1.165, 1.54) is 29.5 Å². The van der Waals surface area contributed by atoms with Crippen molar-refractivity contribution in [1.82, 2.24) is 9.03 Å².